The van der Waals surface area contributed by atoms with Gasteiger partial charge in [0.2, 0.25) is 0 Å². The van der Waals surface area contributed by atoms with Crippen molar-refractivity contribution in [1.82, 2.24) is 4.98 Å². The van der Waals surface area contributed by atoms with Gasteiger partial charge in [-0.05, 0) is 13.0 Å². The maximum atomic E-state index is 10.8. The first kappa shape index (κ1) is 10.5. The van der Waals surface area contributed by atoms with Gasteiger partial charge >= 0.3 is 5.97 Å². The largest absolute Gasteiger partial charge is 0.504 e. The van der Waals surface area contributed by atoms with Crippen LogP contribution in [0.25, 0.3) is 11.1 Å². The summed E-state index contributed by atoms with van der Waals surface area (Å²) in [6.07, 6.45) is 0. The number of oxazole rings is 1. The van der Waals surface area contributed by atoms with Crippen molar-refractivity contribution in [3.05, 3.63) is 23.6 Å². The molecule has 5 nitrogen and oxygen atoms in total. The first-order valence-electron chi connectivity index (χ1n) is 4.82. The summed E-state index contributed by atoms with van der Waals surface area (Å²) in [7, 11) is 0. The maximum Gasteiger partial charge on any atom is 0.310 e. The van der Waals surface area contributed by atoms with Crippen LogP contribution in [0.2, 0.25) is 0 Å². The highest BCUT2D eigenvalue weighted by atomic mass is 16.4. The molecule has 0 aliphatic carbocycles. The summed E-state index contributed by atoms with van der Waals surface area (Å²) in [6.45, 7) is 3.17. The second-order valence-corrected chi connectivity index (χ2v) is 3.64. The number of fused-ring (bicyclic) bond motifs is 1. The van der Waals surface area contributed by atoms with E-state index in [2.05, 4.69) is 4.98 Å². The van der Waals surface area contributed by atoms with Crippen LogP contribution in [0.1, 0.15) is 24.3 Å². The molecule has 0 saturated carbocycles. The summed E-state index contributed by atoms with van der Waals surface area (Å²) in [6, 6.07) is 3.19. The molecule has 2 rings (SSSR count). The summed E-state index contributed by atoms with van der Waals surface area (Å²) < 4.78 is 5.22. The lowest BCUT2D eigenvalue weighted by Gasteiger charge is -2.08. The fourth-order valence-electron chi connectivity index (χ4n) is 1.59. The van der Waals surface area contributed by atoms with Crippen LogP contribution < -0.4 is 0 Å². The molecular formula is C11H11NO4. The number of nitrogens with zero attached hydrogens (tertiary/aromatic N) is 1. The Bertz CT molecular complexity index is 558. The number of hydrogen-bond acceptors (Lipinski definition) is 4. The van der Waals surface area contributed by atoms with Crippen molar-refractivity contribution in [2.75, 3.05) is 0 Å². The average Bonchev–Trinajstić information content (AvgIpc) is 2.59. The first-order chi connectivity index (χ1) is 7.50. The van der Waals surface area contributed by atoms with Crippen LogP contribution in [0, 0.1) is 6.92 Å². The second-order valence-electron chi connectivity index (χ2n) is 3.64. The average molecular weight is 221 g/mol. The normalized spacial score (nSPS) is 12.9. The van der Waals surface area contributed by atoms with E-state index in [-0.39, 0.29) is 11.3 Å². The minimum absolute atomic E-state index is 0.145. The van der Waals surface area contributed by atoms with Gasteiger partial charge in [-0.25, -0.2) is 4.98 Å². The topological polar surface area (TPSA) is 83.6 Å². The Morgan fingerprint density at radius 2 is 2.19 bits per heavy atom. The lowest BCUT2D eigenvalue weighted by Crippen LogP contribution is -2.07. The highest BCUT2D eigenvalue weighted by molar-refractivity contribution is 5.85. The SMILES string of the molecule is Cc1nc2ccc(C(C)C(=O)O)c(O)c2o1. The van der Waals surface area contributed by atoms with Gasteiger partial charge < -0.3 is 14.6 Å². The van der Waals surface area contributed by atoms with E-state index in [1.165, 1.54) is 6.92 Å². The lowest BCUT2D eigenvalue weighted by atomic mass is 10.00. The monoisotopic (exact) mass is 221 g/mol. The second kappa shape index (κ2) is 3.52. The highest BCUT2D eigenvalue weighted by Gasteiger charge is 2.21. The number of carboxylic acid groups (broad SMARTS) is 1. The predicted molar refractivity (Wildman–Crippen MR) is 56.5 cm³/mol. The lowest BCUT2D eigenvalue weighted by molar-refractivity contribution is -0.138. The van der Waals surface area contributed by atoms with Crippen LogP contribution >= 0.6 is 0 Å². The van der Waals surface area contributed by atoms with E-state index in [9.17, 15) is 9.90 Å². The van der Waals surface area contributed by atoms with E-state index in [0.717, 1.165) is 0 Å². The molecule has 1 heterocycles. The summed E-state index contributed by atoms with van der Waals surface area (Å²) in [5.41, 5.74) is 1.09. The Balaban J connectivity index is 2.64. The van der Waals surface area contributed by atoms with Crippen molar-refractivity contribution in [2.45, 2.75) is 19.8 Å². The number of aromatic hydroxyl groups is 1. The van der Waals surface area contributed by atoms with Gasteiger partial charge in [0, 0.05) is 12.5 Å². The van der Waals surface area contributed by atoms with E-state index < -0.39 is 11.9 Å². The molecule has 0 amide bonds. The Kier molecular flexibility index (Phi) is 2.30. The third kappa shape index (κ3) is 1.50. The maximum absolute atomic E-state index is 10.8. The van der Waals surface area contributed by atoms with Gasteiger partial charge in [0.25, 0.3) is 0 Å². The molecule has 1 aromatic carbocycles. The molecule has 0 aliphatic rings. The number of aromatic nitrogens is 1. The molecule has 1 unspecified atom stereocenters. The molecule has 0 fully saturated rings. The van der Waals surface area contributed by atoms with E-state index >= 15 is 0 Å². The van der Waals surface area contributed by atoms with Gasteiger partial charge in [-0.15, -0.1) is 0 Å². The molecule has 0 saturated heterocycles. The summed E-state index contributed by atoms with van der Waals surface area (Å²) in [5.74, 6) is -1.49. The summed E-state index contributed by atoms with van der Waals surface area (Å²) >= 11 is 0. The predicted octanol–water partition coefficient (Wildman–Crippen LogP) is 2.03. The van der Waals surface area contributed by atoms with Crippen LogP contribution in [0.4, 0.5) is 0 Å². The van der Waals surface area contributed by atoms with Gasteiger partial charge in [0.15, 0.2) is 17.2 Å². The van der Waals surface area contributed by atoms with Crippen molar-refractivity contribution in [3.8, 4) is 5.75 Å². The van der Waals surface area contributed by atoms with E-state index in [1.54, 1.807) is 19.1 Å². The molecule has 2 aromatic rings. The number of phenolic OH excluding ortho intramolecular Hbond substituents is 1. The van der Waals surface area contributed by atoms with Crippen molar-refractivity contribution in [3.63, 3.8) is 0 Å². The number of phenols is 1. The minimum atomic E-state index is -0.995. The molecule has 5 heteroatoms. The highest BCUT2D eigenvalue weighted by Crippen LogP contribution is 2.33. The third-order valence-electron chi connectivity index (χ3n) is 2.51. The van der Waals surface area contributed by atoms with Gasteiger partial charge in [-0.3, -0.25) is 4.79 Å². The zero-order valence-corrected chi connectivity index (χ0v) is 8.89. The minimum Gasteiger partial charge on any atom is -0.504 e. The molecule has 16 heavy (non-hydrogen) atoms. The Morgan fingerprint density at radius 1 is 1.50 bits per heavy atom. The fourth-order valence-corrected chi connectivity index (χ4v) is 1.59. The number of carboxylic acids is 1. The first-order valence-corrected chi connectivity index (χ1v) is 4.82. The van der Waals surface area contributed by atoms with Gasteiger partial charge in [-0.1, -0.05) is 6.07 Å². The Hall–Kier alpha value is -2.04. The zero-order valence-electron chi connectivity index (χ0n) is 8.89. The van der Waals surface area contributed by atoms with Crippen molar-refractivity contribution in [1.29, 1.82) is 0 Å². The Labute approximate surface area is 91.3 Å². The van der Waals surface area contributed by atoms with Crippen LogP contribution in [-0.4, -0.2) is 21.2 Å². The number of carbonyl (C=O) groups is 1. The molecule has 1 aromatic heterocycles. The molecule has 84 valence electrons. The third-order valence-corrected chi connectivity index (χ3v) is 2.51. The van der Waals surface area contributed by atoms with E-state index in [0.29, 0.717) is 17.0 Å². The summed E-state index contributed by atoms with van der Waals surface area (Å²) in [5, 5.41) is 18.8. The van der Waals surface area contributed by atoms with Gasteiger partial charge in [0.1, 0.15) is 5.52 Å². The number of aryl methyl sites for hydroxylation is 1. The van der Waals surface area contributed by atoms with Crippen molar-refractivity contribution in [2.24, 2.45) is 0 Å². The molecule has 0 spiro atoms. The quantitative estimate of drug-likeness (QED) is 0.810. The standard InChI is InChI=1S/C11H11NO4/c1-5(11(14)15)7-3-4-8-10(9(7)13)16-6(2)12-8/h3-5,13H,1-2H3,(H,14,15). The van der Waals surface area contributed by atoms with Crippen LogP contribution in [0.15, 0.2) is 16.5 Å². The van der Waals surface area contributed by atoms with Crippen LogP contribution in [-0.2, 0) is 4.79 Å². The van der Waals surface area contributed by atoms with Crippen LogP contribution in [0.5, 0.6) is 5.75 Å². The Morgan fingerprint density at radius 3 is 2.81 bits per heavy atom. The molecule has 2 N–H and O–H groups in total. The molecule has 0 bridgehead atoms. The number of benzene rings is 1. The zero-order chi connectivity index (χ0) is 11.9. The smallest absolute Gasteiger partial charge is 0.310 e. The number of rotatable bonds is 2. The fraction of sp³-hybridized carbons (Fsp3) is 0.273. The molecular weight excluding hydrogens is 210 g/mol. The number of aliphatic carboxylic acids is 1. The van der Waals surface area contributed by atoms with Crippen molar-refractivity contribution >= 4 is 17.1 Å². The van der Waals surface area contributed by atoms with E-state index in [1.807, 2.05) is 0 Å². The van der Waals surface area contributed by atoms with E-state index in [4.69, 9.17) is 9.52 Å². The number of hydrogen-bond donors (Lipinski definition) is 2. The van der Waals surface area contributed by atoms with Crippen molar-refractivity contribution < 1.29 is 19.4 Å². The molecule has 0 radical (unpaired) electrons. The summed E-state index contributed by atoms with van der Waals surface area (Å²) in [4.78, 5) is 14.9. The van der Waals surface area contributed by atoms with Gasteiger partial charge in [0.05, 0.1) is 5.92 Å². The molecule has 0 aliphatic heterocycles. The van der Waals surface area contributed by atoms with Crippen LogP contribution in [0.3, 0.4) is 0 Å². The molecule has 1 atom stereocenters. The van der Waals surface area contributed by atoms with Gasteiger partial charge in [-0.2, -0.15) is 0 Å².